The molecule has 1 N–H and O–H groups in total. The van der Waals surface area contributed by atoms with Crippen LogP contribution >= 0.6 is 23.1 Å². The number of aromatic nitrogens is 1. The molecule has 6 rings (SSSR count). The monoisotopic (exact) mass is 585 g/mol. The van der Waals surface area contributed by atoms with Crippen LogP contribution in [0.5, 0.6) is 5.75 Å². The first-order valence-electron chi connectivity index (χ1n) is 13.1. The Balaban J connectivity index is 1.43. The Morgan fingerprint density at radius 3 is 2.24 bits per heavy atom. The molecule has 1 saturated heterocycles. The van der Waals surface area contributed by atoms with Gasteiger partial charge in [0, 0.05) is 22.0 Å². The zero-order valence-corrected chi connectivity index (χ0v) is 24.3. The standard InChI is InChI=1S/C31H27N3O5S2/c1-17-8-12-19(13-9-17)32-23(35)16-33-30-27(41-31(33)38)24(21-6-4-5-7-22(21)39-3)25-26(40-30)29(37)34(28(25)36)20-14-10-18(2)11-15-20/h4-15,24-26H,16H2,1-3H3,(H,32,35). The van der Waals surface area contributed by atoms with Crippen molar-refractivity contribution in [3.63, 3.8) is 0 Å². The Bertz CT molecular complexity index is 1730. The lowest BCUT2D eigenvalue weighted by Crippen LogP contribution is -2.33. The quantitative estimate of drug-likeness (QED) is 0.321. The van der Waals surface area contributed by atoms with E-state index in [9.17, 15) is 19.2 Å². The number of nitrogens with zero attached hydrogens (tertiary/aromatic N) is 2. The highest BCUT2D eigenvalue weighted by molar-refractivity contribution is 8.00. The maximum Gasteiger partial charge on any atom is 0.308 e. The number of ether oxygens (including phenoxy) is 1. The molecule has 2 aliphatic rings. The van der Waals surface area contributed by atoms with E-state index in [1.54, 1.807) is 37.4 Å². The van der Waals surface area contributed by atoms with E-state index in [1.165, 1.54) is 21.2 Å². The van der Waals surface area contributed by atoms with E-state index in [4.69, 9.17) is 4.74 Å². The number of imide groups is 1. The van der Waals surface area contributed by atoms with Gasteiger partial charge in [0.1, 0.15) is 17.5 Å². The van der Waals surface area contributed by atoms with Crippen molar-refractivity contribution in [2.24, 2.45) is 5.92 Å². The van der Waals surface area contributed by atoms with Crippen molar-refractivity contribution in [2.45, 2.75) is 36.6 Å². The molecule has 4 aromatic rings. The molecular weight excluding hydrogens is 558 g/mol. The number of amides is 3. The van der Waals surface area contributed by atoms with E-state index in [0.717, 1.165) is 28.0 Å². The minimum Gasteiger partial charge on any atom is -0.496 e. The number of thiazole rings is 1. The molecule has 3 amide bonds. The molecule has 3 unspecified atom stereocenters. The summed E-state index contributed by atoms with van der Waals surface area (Å²) in [4.78, 5) is 55.9. The summed E-state index contributed by atoms with van der Waals surface area (Å²) < 4.78 is 7.08. The first kappa shape index (κ1) is 27.0. The lowest BCUT2D eigenvalue weighted by molar-refractivity contribution is -0.122. The average Bonchev–Trinajstić information content (AvgIpc) is 3.41. The number of carbonyl (C=O) groups is 3. The zero-order chi connectivity index (χ0) is 28.8. The highest BCUT2D eigenvalue weighted by atomic mass is 32.2. The van der Waals surface area contributed by atoms with Gasteiger partial charge in [-0.3, -0.25) is 23.7 Å². The Hall–Kier alpha value is -4.15. The molecule has 0 bridgehead atoms. The van der Waals surface area contributed by atoms with Crippen LogP contribution in [0.2, 0.25) is 0 Å². The molecule has 0 radical (unpaired) electrons. The van der Waals surface area contributed by atoms with Crippen LogP contribution in [0.15, 0.2) is 82.6 Å². The predicted octanol–water partition coefficient (Wildman–Crippen LogP) is 4.97. The molecule has 1 fully saturated rings. The second kappa shape index (κ2) is 10.7. The number of para-hydroxylation sites is 1. The number of anilines is 2. The molecule has 3 atom stereocenters. The van der Waals surface area contributed by atoms with E-state index < -0.39 is 17.1 Å². The van der Waals surface area contributed by atoms with Crippen molar-refractivity contribution in [3.8, 4) is 5.75 Å². The summed E-state index contributed by atoms with van der Waals surface area (Å²) in [6, 6.07) is 22.0. The molecule has 1 aromatic heterocycles. The summed E-state index contributed by atoms with van der Waals surface area (Å²) in [5, 5.41) is 2.60. The fraction of sp³-hybridized carbons (Fsp3) is 0.226. The summed E-state index contributed by atoms with van der Waals surface area (Å²) in [6.07, 6.45) is 0. The van der Waals surface area contributed by atoms with Gasteiger partial charge in [0.15, 0.2) is 0 Å². The summed E-state index contributed by atoms with van der Waals surface area (Å²) >= 11 is 2.20. The van der Waals surface area contributed by atoms with E-state index in [0.29, 0.717) is 27.0 Å². The predicted molar refractivity (Wildman–Crippen MR) is 160 cm³/mol. The molecule has 208 valence electrons. The number of hydrogen-bond acceptors (Lipinski definition) is 7. The molecule has 3 aromatic carbocycles. The molecule has 10 heteroatoms. The molecule has 2 aliphatic heterocycles. The van der Waals surface area contributed by atoms with Gasteiger partial charge in [0.2, 0.25) is 17.7 Å². The van der Waals surface area contributed by atoms with Crippen molar-refractivity contribution in [3.05, 3.63) is 104 Å². The van der Waals surface area contributed by atoms with Crippen LogP contribution in [0.4, 0.5) is 11.4 Å². The summed E-state index contributed by atoms with van der Waals surface area (Å²) in [5.74, 6) is -1.80. The SMILES string of the molecule is COc1ccccc1C1c2sc(=O)n(CC(=O)Nc3ccc(C)cc3)c2SC2C(=O)N(c3ccc(C)cc3)C(=O)C21. The largest absolute Gasteiger partial charge is 0.496 e. The highest BCUT2D eigenvalue weighted by Crippen LogP contribution is 2.55. The van der Waals surface area contributed by atoms with Crippen molar-refractivity contribution < 1.29 is 19.1 Å². The van der Waals surface area contributed by atoms with E-state index >= 15 is 0 Å². The van der Waals surface area contributed by atoms with Gasteiger partial charge in [-0.1, -0.05) is 76.7 Å². The van der Waals surface area contributed by atoms with Crippen LogP contribution < -0.4 is 19.8 Å². The van der Waals surface area contributed by atoms with Gasteiger partial charge in [0.25, 0.3) is 0 Å². The van der Waals surface area contributed by atoms with Crippen LogP contribution in [-0.4, -0.2) is 34.6 Å². The normalized spacial score (nSPS) is 19.6. The molecule has 0 spiro atoms. The second-order valence-electron chi connectivity index (χ2n) is 10.2. The number of benzene rings is 3. The number of nitrogens with one attached hydrogen (secondary N) is 1. The van der Waals surface area contributed by atoms with E-state index in [-0.39, 0.29) is 29.1 Å². The summed E-state index contributed by atoms with van der Waals surface area (Å²) in [5.41, 5.74) is 3.94. The Morgan fingerprint density at radius 2 is 1.56 bits per heavy atom. The molecular formula is C31H27N3O5S2. The number of aryl methyl sites for hydroxylation is 2. The fourth-order valence-electron chi connectivity index (χ4n) is 5.44. The molecule has 8 nitrogen and oxygen atoms in total. The van der Waals surface area contributed by atoms with Gasteiger partial charge >= 0.3 is 4.87 Å². The maximum absolute atomic E-state index is 14.0. The smallest absolute Gasteiger partial charge is 0.308 e. The first-order chi connectivity index (χ1) is 19.8. The van der Waals surface area contributed by atoms with Gasteiger partial charge in [-0.2, -0.15) is 0 Å². The average molecular weight is 586 g/mol. The highest BCUT2D eigenvalue weighted by Gasteiger charge is 2.57. The van der Waals surface area contributed by atoms with Crippen LogP contribution in [0.1, 0.15) is 27.5 Å². The summed E-state index contributed by atoms with van der Waals surface area (Å²) in [7, 11) is 1.55. The first-order valence-corrected chi connectivity index (χ1v) is 14.8. The number of methoxy groups -OCH3 is 1. The number of carbonyl (C=O) groups excluding carboxylic acids is 3. The van der Waals surface area contributed by atoms with Gasteiger partial charge in [-0.25, -0.2) is 4.90 Å². The van der Waals surface area contributed by atoms with Gasteiger partial charge in [-0.05, 0) is 44.2 Å². The van der Waals surface area contributed by atoms with Crippen LogP contribution in [-0.2, 0) is 20.9 Å². The summed E-state index contributed by atoms with van der Waals surface area (Å²) in [6.45, 7) is 3.68. The number of thioether (sulfide) groups is 1. The van der Waals surface area contributed by atoms with E-state index in [1.807, 2.05) is 56.3 Å². The fourth-order valence-corrected chi connectivity index (χ4v) is 8.21. The van der Waals surface area contributed by atoms with Crippen molar-refractivity contribution in [1.82, 2.24) is 4.57 Å². The minimum absolute atomic E-state index is 0.217. The van der Waals surface area contributed by atoms with Crippen molar-refractivity contribution >= 4 is 52.2 Å². The molecule has 3 heterocycles. The molecule has 41 heavy (non-hydrogen) atoms. The Kier molecular flexibility index (Phi) is 7.04. The van der Waals surface area contributed by atoms with Crippen molar-refractivity contribution in [2.75, 3.05) is 17.3 Å². The minimum atomic E-state index is -0.772. The van der Waals surface area contributed by atoms with Crippen LogP contribution in [0, 0.1) is 19.8 Å². The second-order valence-corrected chi connectivity index (χ2v) is 12.3. The van der Waals surface area contributed by atoms with Crippen LogP contribution in [0.3, 0.4) is 0 Å². The molecule has 0 saturated carbocycles. The third-order valence-corrected chi connectivity index (χ3v) is 10.1. The lowest BCUT2D eigenvalue weighted by atomic mass is 9.82. The van der Waals surface area contributed by atoms with Gasteiger partial charge in [-0.15, -0.1) is 0 Å². The zero-order valence-electron chi connectivity index (χ0n) is 22.6. The van der Waals surface area contributed by atoms with Crippen molar-refractivity contribution in [1.29, 1.82) is 0 Å². The van der Waals surface area contributed by atoms with Gasteiger partial charge in [0.05, 0.1) is 23.7 Å². The number of fused-ring (bicyclic) bond motifs is 2. The number of hydrogen-bond donors (Lipinski definition) is 1. The topological polar surface area (TPSA) is 97.7 Å². The van der Waals surface area contributed by atoms with E-state index in [2.05, 4.69) is 5.32 Å². The third kappa shape index (κ3) is 4.76. The van der Waals surface area contributed by atoms with Crippen LogP contribution in [0.25, 0.3) is 0 Å². The third-order valence-electron chi connectivity index (χ3n) is 7.45. The number of rotatable bonds is 6. The maximum atomic E-state index is 14.0. The molecule has 0 aliphatic carbocycles. The Morgan fingerprint density at radius 1 is 0.902 bits per heavy atom. The Labute approximate surface area is 245 Å². The lowest BCUT2D eigenvalue weighted by Gasteiger charge is -2.31. The van der Waals surface area contributed by atoms with Gasteiger partial charge < -0.3 is 10.1 Å².